The molecule has 4 nitrogen and oxygen atoms in total. The summed E-state index contributed by atoms with van der Waals surface area (Å²) in [6.07, 6.45) is 0. The Bertz CT molecular complexity index is 604. The van der Waals surface area contributed by atoms with Crippen LogP contribution in [0, 0.1) is 0 Å². The van der Waals surface area contributed by atoms with Crippen LogP contribution in [0.2, 0.25) is 10.2 Å². The van der Waals surface area contributed by atoms with Crippen molar-refractivity contribution in [3.8, 4) is 5.75 Å². The largest absolute Gasteiger partial charge is 0.497 e. The molecule has 0 aliphatic rings. The lowest BCUT2D eigenvalue weighted by molar-refractivity contribution is 0.0747. The van der Waals surface area contributed by atoms with Crippen LogP contribution in [0.4, 0.5) is 0 Å². The number of carbonyl (C=O) groups excluding carboxylic acids is 1. The van der Waals surface area contributed by atoms with Crippen molar-refractivity contribution in [2.24, 2.45) is 0 Å². The fourth-order valence-corrected chi connectivity index (χ4v) is 2.28. The lowest BCUT2D eigenvalue weighted by atomic mass is 10.2. The lowest BCUT2D eigenvalue weighted by Gasteiger charge is -2.20. The third-order valence-electron chi connectivity index (χ3n) is 3.16. The highest BCUT2D eigenvalue weighted by Crippen LogP contribution is 2.23. The molecule has 1 heterocycles. The first-order valence-electron chi connectivity index (χ1n) is 6.51. The maximum atomic E-state index is 12.4. The summed E-state index contributed by atoms with van der Waals surface area (Å²) in [5.41, 5.74) is 1.41. The first-order chi connectivity index (χ1) is 10.0. The van der Waals surface area contributed by atoms with E-state index in [0.717, 1.165) is 11.3 Å². The molecule has 1 aromatic carbocycles. The molecule has 0 spiro atoms. The van der Waals surface area contributed by atoms with Crippen molar-refractivity contribution in [3.63, 3.8) is 0 Å². The van der Waals surface area contributed by atoms with Gasteiger partial charge in [-0.3, -0.25) is 4.79 Å². The van der Waals surface area contributed by atoms with Crippen LogP contribution in [0.15, 0.2) is 30.3 Å². The fraction of sp³-hybridized carbons (Fsp3) is 0.267. The topological polar surface area (TPSA) is 45.3 Å². The maximum Gasteiger partial charge on any atom is 0.270 e. The molecule has 0 aliphatic heterocycles. The fourth-order valence-electron chi connectivity index (χ4n) is 1.97. The van der Waals surface area contributed by atoms with Gasteiger partial charge in [0.15, 0.2) is 0 Å². The summed E-state index contributed by atoms with van der Waals surface area (Å²) in [4.78, 5) is 16.9. The minimum absolute atomic E-state index is 0.137. The van der Waals surface area contributed by atoms with Crippen molar-refractivity contribution in [1.29, 1.82) is 0 Å². The number of carbonyl (C=O) groups is 1. The number of hydrogen-bond donors (Lipinski definition) is 1. The molecule has 6 heteroatoms. The second-order valence-electron chi connectivity index (χ2n) is 4.51. The quantitative estimate of drug-likeness (QED) is 0.902. The monoisotopic (exact) mass is 326 g/mol. The van der Waals surface area contributed by atoms with E-state index in [1.807, 2.05) is 31.2 Å². The number of hydrogen-bond acceptors (Lipinski definition) is 2. The maximum absolute atomic E-state index is 12.4. The van der Waals surface area contributed by atoms with Gasteiger partial charge in [0.1, 0.15) is 16.6 Å². The second kappa shape index (κ2) is 6.87. The van der Waals surface area contributed by atoms with Gasteiger partial charge in [-0.1, -0.05) is 35.3 Å². The molecule has 0 saturated carbocycles. The highest BCUT2D eigenvalue weighted by Gasteiger charge is 2.18. The van der Waals surface area contributed by atoms with E-state index in [1.165, 1.54) is 0 Å². The van der Waals surface area contributed by atoms with E-state index < -0.39 is 0 Å². The van der Waals surface area contributed by atoms with Crippen molar-refractivity contribution in [2.45, 2.75) is 13.5 Å². The molecule has 0 atom stereocenters. The molecule has 2 aromatic rings. The number of rotatable bonds is 5. The number of nitrogens with zero attached hydrogens (tertiary/aromatic N) is 1. The van der Waals surface area contributed by atoms with E-state index in [4.69, 9.17) is 27.9 Å². The van der Waals surface area contributed by atoms with Gasteiger partial charge in [-0.15, -0.1) is 0 Å². The molecule has 2 rings (SSSR count). The van der Waals surface area contributed by atoms with E-state index in [0.29, 0.717) is 23.8 Å². The van der Waals surface area contributed by atoms with Crippen molar-refractivity contribution in [1.82, 2.24) is 9.88 Å². The zero-order chi connectivity index (χ0) is 15.4. The minimum Gasteiger partial charge on any atom is -0.497 e. The minimum atomic E-state index is -0.137. The Balaban J connectivity index is 2.13. The first-order valence-corrected chi connectivity index (χ1v) is 7.27. The molecule has 0 bridgehead atoms. The summed E-state index contributed by atoms with van der Waals surface area (Å²) in [5.74, 6) is 0.651. The molecule has 1 amide bonds. The van der Waals surface area contributed by atoms with Crippen LogP contribution < -0.4 is 4.74 Å². The Morgan fingerprint density at radius 3 is 2.43 bits per heavy atom. The average Bonchev–Trinajstić information content (AvgIpc) is 2.84. The molecule has 112 valence electrons. The molecule has 21 heavy (non-hydrogen) atoms. The summed E-state index contributed by atoms with van der Waals surface area (Å²) >= 11 is 11.7. The van der Waals surface area contributed by atoms with Gasteiger partial charge in [0.05, 0.1) is 12.1 Å². The second-order valence-corrected chi connectivity index (χ2v) is 5.30. The molecule has 1 N–H and O–H groups in total. The normalized spacial score (nSPS) is 10.5. The summed E-state index contributed by atoms with van der Waals surface area (Å²) in [6.45, 7) is 3.01. The number of amides is 1. The molecule has 0 radical (unpaired) electrons. The van der Waals surface area contributed by atoms with Crippen molar-refractivity contribution in [2.75, 3.05) is 13.7 Å². The first kappa shape index (κ1) is 15.7. The van der Waals surface area contributed by atoms with Crippen molar-refractivity contribution >= 4 is 29.1 Å². The van der Waals surface area contributed by atoms with Crippen LogP contribution in [0.3, 0.4) is 0 Å². The Labute approximate surface area is 133 Å². The Morgan fingerprint density at radius 1 is 1.29 bits per heavy atom. The molecule has 0 fully saturated rings. The third-order valence-corrected chi connectivity index (χ3v) is 3.85. The summed E-state index contributed by atoms with van der Waals surface area (Å²) in [6, 6.07) is 9.15. The highest BCUT2D eigenvalue weighted by atomic mass is 35.5. The van der Waals surface area contributed by atoms with Gasteiger partial charge in [-0.05, 0) is 30.7 Å². The van der Waals surface area contributed by atoms with E-state index in [2.05, 4.69) is 4.98 Å². The Hall–Kier alpha value is -1.65. The molecule has 0 unspecified atom stereocenters. The molecule has 0 aliphatic carbocycles. The number of aromatic nitrogens is 1. The van der Waals surface area contributed by atoms with Crippen LogP contribution in [0.25, 0.3) is 0 Å². The summed E-state index contributed by atoms with van der Waals surface area (Å²) < 4.78 is 5.12. The predicted molar refractivity (Wildman–Crippen MR) is 84.2 cm³/mol. The lowest BCUT2D eigenvalue weighted by Crippen LogP contribution is -2.30. The summed E-state index contributed by atoms with van der Waals surface area (Å²) in [5, 5.41) is 0.626. The number of ether oxygens (including phenoxy) is 1. The number of halogens is 2. The number of H-pyrrole nitrogens is 1. The Morgan fingerprint density at radius 2 is 1.95 bits per heavy atom. The van der Waals surface area contributed by atoms with Gasteiger partial charge in [0.25, 0.3) is 5.91 Å². The van der Waals surface area contributed by atoms with Crippen LogP contribution in [0.1, 0.15) is 23.0 Å². The molecular formula is C15H16Cl2N2O2. The number of benzene rings is 1. The smallest absolute Gasteiger partial charge is 0.270 e. The van der Waals surface area contributed by atoms with E-state index in [9.17, 15) is 4.79 Å². The van der Waals surface area contributed by atoms with Gasteiger partial charge >= 0.3 is 0 Å². The highest BCUT2D eigenvalue weighted by molar-refractivity contribution is 6.41. The van der Waals surface area contributed by atoms with E-state index in [-0.39, 0.29) is 11.1 Å². The van der Waals surface area contributed by atoms with Gasteiger partial charge in [0.2, 0.25) is 0 Å². The molecule has 1 aromatic heterocycles. The van der Waals surface area contributed by atoms with Crippen LogP contribution in [-0.2, 0) is 6.54 Å². The molecule has 0 saturated heterocycles. The standard InChI is InChI=1S/C15H16Cl2N2O2/c1-3-19(9-10-4-6-11(21-2)7-5-10)15(20)13-8-12(16)14(17)18-13/h4-8,18H,3,9H2,1-2H3. The van der Waals surface area contributed by atoms with E-state index in [1.54, 1.807) is 18.1 Å². The van der Waals surface area contributed by atoms with Crippen molar-refractivity contribution < 1.29 is 9.53 Å². The van der Waals surface area contributed by atoms with Gasteiger partial charge in [0, 0.05) is 13.1 Å². The summed E-state index contributed by atoms with van der Waals surface area (Å²) in [7, 11) is 1.62. The zero-order valence-electron chi connectivity index (χ0n) is 11.8. The number of methoxy groups -OCH3 is 1. The molecular weight excluding hydrogens is 311 g/mol. The van der Waals surface area contributed by atoms with E-state index >= 15 is 0 Å². The predicted octanol–water partition coefficient (Wildman–Crippen LogP) is 3.99. The number of aromatic amines is 1. The number of nitrogens with one attached hydrogen (secondary N) is 1. The van der Waals surface area contributed by atoms with Crippen molar-refractivity contribution in [3.05, 3.63) is 51.8 Å². The van der Waals surface area contributed by atoms with Crippen LogP contribution in [0.5, 0.6) is 5.75 Å². The SMILES string of the molecule is CCN(Cc1ccc(OC)cc1)C(=O)c1cc(Cl)c(Cl)[nH]1. The van der Waals surface area contributed by atoms with Crippen LogP contribution >= 0.6 is 23.2 Å². The Kier molecular flexibility index (Phi) is 5.15. The zero-order valence-corrected chi connectivity index (χ0v) is 13.3. The van der Waals surface area contributed by atoms with Gasteiger partial charge in [-0.2, -0.15) is 0 Å². The third kappa shape index (κ3) is 3.71. The van der Waals surface area contributed by atoms with Crippen LogP contribution in [-0.4, -0.2) is 29.4 Å². The van der Waals surface area contributed by atoms with Gasteiger partial charge < -0.3 is 14.6 Å². The average molecular weight is 327 g/mol. The van der Waals surface area contributed by atoms with Gasteiger partial charge in [-0.25, -0.2) is 0 Å².